The molecule has 25 heavy (non-hydrogen) atoms. The first-order valence-electron chi connectivity index (χ1n) is 8.32. The van der Waals surface area contributed by atoms with Gasteiger partial charge in [-0.1, -0.05) is 11.8 Å². The van der Waals surface area contributed by atoms with Gasteiger partial charge in [-0.2, -0.15) is 0 Å². The molecular weight excluding hydrogens is 336 g/mol. The zero-order valence-electron chi connectivity index (χ0n) is 14.0. The van der Waals surface area contributed by atoms with Crippen LogP contribution in [0.2, 0.25) is 0 Å². The highest BCUT2D eigenvalue weighted by molar-refractivity contribution is 8.14. The number of aromatic amines is 1. The van der Waals surface area contributed by atoms with Crippen LogP contribution in [0.1, 0.15) is 31.2 Å². The minimum absolute atomic E-state index is 0.0870. The molecule has 0 spiro atoms. The van der Waals surface area contributed by atoms with Crippen molar-refractivity contribution < 1.29 is 0 Å². The molecule has 0 aliphatic carbocycles. The maximum absolute atomic E-state index is 11.8. The molecule has 130 valence electrons. The molecule has 2 aliphatic heterocycles. The van der Waals surface area contributed by atoms with Crippen molar-refractivity contribution in [3.8, 4) is 0 Å². The van der Waals surface area contributed by atoms with Crippen LogP contribution in [0, 0.1) is 0 Å². The molecule has 4 heterocycles. The van der Waals surface area contributed by atoms with Gasteiger partial charge in [0.2, 0.25) is 0 Å². The third-order valence-corrected chi connectivity index (χ3v) is 5.68. The number of pyridine rings is 1. The van der Waals surface area contributed by atoms with Gasteiger partial charge in [0.1, 0.15) is 16.6 Å². The summed E-state index contributed by atoms with van der Waals surface area (Å²) in [6, 6.07) is 3.58. The van der Waals surface area contributed by atoms with Crippen molar-refractivity contribution in [2.24, 2.45) is 10.7 Å². The second-order valence-electron chi connectivity index (χ2n) is 6.75. The minimum atomic E-state index is -0.119. The number of nitrogens with one attached hydrogen (secondary N) is 1. The van der Waals surface area contributed by atoms with Crippen molar-refractivity contribution in [3.63, 3.8) is 0 Å². The molecule has 0 saturated carbocycles. The van der Waals surface area contributed by atoms with Crippen molar-refractivity contribution in [1.82, 2.24) is 15.0 Å². The summed E-state index contributed by atoms with van der Waals surface area (Å²) in [6.07, 6.45) is 5.31. The van der Waals surface area contributed by atoms with Gasteiger partial charge in [0.05, 0.1) is 23.3 Å². The highest BCUT2D eigenvalue weighted by atomic mass is 32.2. The number of piperidine rings is 1. The van der Waals surface area contributed by atoms with Crippen molar-refractivity contribution in [2.75, 3.05) is 18.0 Å². The zero-order chi connectivity index (χ0) is 17.4. The first-order chi connectivity index (χ1) is 12.0. The zero-order valence-corrected chi connectivity index (χ0v) is 14.8. The number of nitrogens with zero attached hydrogens (tertiary/aromatic N) is 4. The molecule has 8 heteroatoms. The first kappa shape index (κ1) is 16.3. The van der Waals surface area contributed by atoms with Crippen LogP contribution in [0.3, 0.4) is 0 Å². The Kier molecular flexibility index (Phi) is 4.09. The number of anilines is 1. The molecule has 0 atom stereocenters. The summed E-state index contributed by atoms with van der Waals surface area (Å²) in [7, 11) is 0. The molecule has 2 aliphatic rings. The summed E-state index contributed by atoms with van der Waals surface area (Å²) in [5.41, 5.74) is 7.64. The monoisotopic (exact) mass is 356 g/mol. The molecule has 3 N–H and O–H groups in total. The molecule has 2 aromatic rings. The number of hydrogen-bond donors (Lipinski definition) is 2. The lowest BCUT2D eigenvalue weighted by Gasteiger charge is -2.37. The van der Waals surface area contributed by atoms with E-state index in [1.54, 1.807) is 24.5 Å². The lowest BCUT2D eigenvalue weighted by atomic mass is 9.91. The Morgan fingerprint density at radius 1 is 1.36 bits per heavy atom. The van der Waals surface area contributed by atoms with Gasteiger partial charge in [0.15, 0.2) is 0 Å². The lowest BCUT2D eigenvalue weighted by molar-refractivity contribution is 0.363. The fraction of sp³-hybridized carbons (Fsp3) is 0.412. The van der Waals surface area contributed by atoms with Crippen LogP contribution in [0.5, 0.6) is 0 Å². The first-order valence-corrected chi connectivity index (χ1v) is 9.14. The summed E-state index contributed by atoms with van der Waals surface area (Å²) in [5.74, 6) is 0.883. The lowest BCUT2D eigenvalue weighted by Crippen LogP contribution is -2.48. The number of aromatic nitrogens is 3. The molecule has 0 amide bonds. The van der Waals surface area contributed by atoms with Crippen LogP contribution in [-0.4, -0.2) is 38.6 Å². The maximum Gasteiger partial charge on any atom is 0.262 e. The SMILES string of the molecule is CC1(N)CCN(c2cnc3c(n2)CN=C3Sc2ccc[nH]c2=O)CC1. The number of nitrogens with two attached hydrogens (primary N) is 1. The number of thioether (sulfide) groups is 1. The van der Waals surface area contributed by atoms with Gasteiger partial charge >= 0.3 is 0 Å². The van der Waals surface area contributed by atoms with Gasteiger partial charge < -0.3 is 15.6 Å². The van der Waals surface area contributed by atoms with E-state index >= 15 is 0 Å². The molecule has 0 bridgehead atoms. The molecular formula is C17H20N6OS. The van der Waals surface area contributed by atoms with Gasteiger partial charge in [0.25, 0.3) is 5.56 Å². The molecule has 0 aromatic carbocycles. The normalized spacial score (nSPS) is 18.8. The summed E-state index contributed by atoms with van der Waals surface area (Å²) < 4.78 is 0. The molecule has 1 fully saturated rings. The Bertz CT molecular complexity index is 881. The van der Waals surface area contributed by atoms with Gasteiger partial charge in [-0.3, -0.25) is 9.79 Å². The fourth-order valence-corrected chi connectivity index (χ4v) is 3.90. The van der Waals surface area contributed by atoms with Crippen LogP contribution < -0.4 is 16.2 Å². The smallest absolute Gasteiger partial charge is 0.262 e. The van der Waals surface area contributed by atoms with Gasteiger partial charge in [0, 0.05) is 24.8 Å². The molecule has 0 unspecified atom stereocenters. The second kappa shape index (κ2) is 6.27. The Labute approximate surface area is 149 Å². The van der Waals surface area contributed by atoms with E-state index in [1.165, 1.54) is 11.8 Å². The Morgan fingerprint density at radius 3 is 2.92 bits per heavy atom. The Morgan fingerprint density at radius 2 is 2.16 bits per heavy atom. The standard InChI is InChI=1S/C17H20N6OS/c1-17(18)4-7-23(8-5-17)13-10-20-14-11(22-13)9-21-16(14)25-12-3-2-6-19-15(12)24/h2-3,6,10H,4-5,7-9,18H2,1H3,(H,19,24). The second-order valence-corrected chi connectivity index (χ2v) is 7.78. The van der Waals surface area contributed by atoms with E-state index in [1.807, 2.05) is 0 Å². The summed E-state index contributed by atoms with van der Waals surface area (Å²) in [4.78, 5) is 31.2. The number of H-pyrrole nitrogens is 1. The topological polar surface area (TPSA) is 100 Å². The molecule has 7 nitrogen and oxygen atoms in total. The third kappa shape index (κ3) is 3.32. The largest absolute Gasteiger partial charge is 0.355 e. The van der Waals surface area contributed by atoms with E-state index in [-0.39, 0.29) is 11.1 Å². The Hall–Kier alpha value is -2.19. The van der Waals surface area contributed by atoms with Crippen molar-refractivity contribution in [3.05, 3.63) is 46.3 Å². The maximum atomic E-state index is 11.8. The van der Waals surface area contributed by atoms with E-state index in [4.69, 9.17) is 10.7 Å². The summed E-state index contributed by atoms with van der Waals surface area (Å²) in [6.45, 7) is 4.39. The third-order valence-electron chi connectivity index (χ3n) is 4.63. The average molecular weight is 356 g/mol. The number of hydrogen-bond acceptors (Lipinski definition) is 7. The van der Waals surface area contributed by atoms with E-state index < -0.39 is 0 Å². The quantitative estimate of drug-likeness (QED) is 0.846. The average Bonchev–Trinajstić information content (AvgIpc) is 2.99. The molecule has 0 radical (unpaired) electrons. The summed E-state index contributed by atoms with van der Waals surface area (Å²) in [5, 5.41) is 0.749. The predicted octanol–water partition coefficient (Wildman–Crippen LogP) is 1.53. The summed E-state index contributed by atoms with van der Waals surface area (Å²) >= 11 is 1.34. The van der Waals surface area contributed by atoms with Crippen LogP contribution in [0.25, 0.3) is 0 Å². The van der Waals surface area contributed by atoms with E-state index in [2.05, 4.69) is 26.8 Å². The highest BCUT2D eigenvalue weighted by Gasteiger charge is 2.28. The highest BCUT2D eigenvalue weighted by Crippen LogP contribution is 2.29. The predicted molar refractivity (Wildman–Crippen MR) is 99.2 cm³/mol. The molecule has 1 saturated heterocycles. The van der Waals surface area contributed by atoms with Crippen LogP contribution >= 0.6 is 11.8 Å². The fourth-order valence-electron chi connectivity index (χ4n) is 3.00. The van der Waals surface area contributed by atoms with Crippen LogP contribution in [-0.2, 0) is 6.54 Å². The van der Waals surface area contributed by atoms with Gasteiger partial charge in [-0.05, 0) is 31.9 Å². The van der Waals surface area contributed by atoms with Crippen LogP contribution in [0.4, 0.5) is 5.82 Å². The molecule has 4 rings (SSSR count). The number of aliphatic imine (C=N–C) groups is 1. The van der Waals surface area contributed by atoms with Crippen LogP contribution in [0.15, 0.2) is 39.2 Å². The van der Waals surface area contributed by atoms with Crippen molar-refractivity contribution in [1.29, 1.82) is 0 Å². The van der Waals surface area contributed by atoms with Gasteiger partial charge in [-0.15, -0.1) is 0 Å². The number of rotatable bonds is 2. The van der Waals surface area contributed by atoms with Crippen molar-refractivity contribution >= 4 is 22.6 Å². The van der Waals surface area contributed by atoms with E-state index in [9.17, 15) is 4.79 Å². The number of fused-ring (bicyclic) bond motifs is 1. The molecule has 2 aromatic heterocycles. The van der Waals surface area contributed by atoms with E-state index in [0.717, 1.165) is 48.2 Å². The van der Waals surface area contributed by atoms with Gasteiger partial charge in [-0.25, -0.2) is 9.97 Å². The van der Waals surface area contributed by atoms with Crippen molar-refractivity contribution in [2.45, 2.75) is 36.7 Å². The Balaban J connectivity index is 1.52. The minimum Gasteiger partial charge on any atom is -0.355 e. The van der Waals surface area contributed by atoms with E-state index in [0.29, 0.717) is 11.4 Å².